The van der Waals surface area contributed by atoms with Crippen LogP contribution in [0.3, 0.4) is 0 Å². The average molecular weight is 380 g/mol. The van der Waals surface area contributed by atoms with Crippen LogP contribution in [0.15, 0.2) is 58.3 Å². The molecule has 0 unspecified atom stereocenters. The largest absolute Gasteiger partial charge is 0.465 e. The molecule has 5 nitrogen and oxygen atoms in total. The van der Waals surface area contributed by atoms with Crippen LogP contribution in [0.5, 0.6) is 0 Å². The molecule has 2 aromatic rings. The first-order chi connectivity index (χ1) is 11.9. The van der Waals surface area contributed by atoms with Crippen LogP contribution in [0, 0.1) is 6.92 Å². The molecular weight excluding hydrogens is 358 g/mol. The molecule has 0 aliphatic heterocycles. The Morgan fingerprint density at radius 2 is 1.76 bits per heavy atom. The predicted molar refractivity (Wildman–Crippen MR) is 101 cm³/mol. The number of ether oxygens (including phenoxy) is 1. The summed E-state index contributed by atoms with van der Waals surface area (Å²) >= 11 is 1.53. The Kier molecular flexibility index (Phi) is 6.50. The SMILES string of the molecule is CCOC(=O)CN(c1ccccc1C)S(=O)(=O)c1ccc(SC)cc1. The second kappa shape index (κ2) is 8.40. The normalized spacial score (nSPS) is 11.2. The third-order valence-electron chi connectivity index (χ3n) is 3.61. The van der Waals surface area contributed by atoms with Gasteiger partial charge in [-0.3, -0.25) is 9.10 Å². The number of hydrogen-bond donors (Lipinski definition) is 0. The van der Waals surface area contributed by atoms with E-state index in [1.807, 2.05) is 12.3 Å². The van der Waals surface area contributed by atoms with Crippen molar-refractivity contribution < 1.29 is 17.9 Å². The van der Waals surface area contributed by atoms with Crippen molar-refractivity contribution in [3.05, 3.63) is 54.1 Å². The van der Waals surface area contributed by atoms with Gasteiger partial charge in [-0.15, -0.1) is 11.8 Å². The fraction of sp³-hybridized carbons (Fsp3) is 0.278. The zero-order valence-electron chi connectivity index (χ0n) is 14.4. The van der Waals surface area contributed by atoms with Crippen molar-refractivity contribution in [1.82, 2.24) is 0 Å². The molecule has 0 saturated heterocycles. The van der Waals surface area contributed by atoms with E-state index in [1.54, 1.807) is 56.3 Å². The molecule has 0 bridgehead atoms. The van der Waals surface area contributed by atoms with Crippen molar-refractivity contribution in [2.24, 2.45) is 0 Å². The van der Waals surface area contributed by atoms with Crippen LogP contribution < -0.4 is 4.31 Å². The molecule has 0 aromatic heterocycles. The van der Waals surface area contributed by atoms with Gasteiger partial charge in [0, 0.05) is 4.90 Å². The minimum absolute atomic E-state index is 0.137. The number of rotatable bonds is 7. The van der Waals surface area contributed by atoms with Crippen molar-refractivity contribution in [3.8, 4) is 0 Å². The highest BCUT2D eigenvalue weighted by molar-refractivity contribution is 7.98. The van der Waals surface area contributed by atoms with Gasteiger partial charge in [0.2, 0.25) is 0 Å². The van der Waals surface area contributed by atoms with Gasteiger partial charge in [0.05, 0.1) is 17.2 Å². The second-order valence-corrected chi connectivity index (χ2v) is 8.02. The third kappa shape index (κ3) is 4.55. The van der Waals surface area contributed by atoms with Crippen LogP contribution in [0.2, 0.25) is 0 Å². The highest BCUT2D eigenvalue weighted by Gasteiger charge is 2.28. The molecule has 134 valence electrons. The van der Waals surface area contributed by atoms with Crippen molar-refractivity contribution in [1.29, 1.82) is 0 Å². The quantitative estimate of drug-likeness (QED) is 0.544. The summed E-state index contributed by atoms with van der Waals surface area (Å²) < 4.78 is 32.3. The molecule has 2 rings (SSSR count). The standard InChI is InChI=1S/C18H21NO4S2/c1-4-23-18(20)13-19(17-8-6-5-7-14(17)2)25(21,22)16-11-9-15(24-3)10-12-16/h5-12H,4,13H2,1-3H3. The van der Waals surface area contributed by atoms with E-state index < -0.39 is 16.0 Å². The molecule has 0 N–H and O–H groups in total. The fourth-order valence-electron chi connectivity index (χ4n) is 2.34. The zero-order valence-corrected chi connectivity index (χ0v) is 16.1. The summed E-state index contributed by atoms with van der Waals surface area (Å²) in [6.07, 6.45) is 1.92. The molecule has 0 amide bonds. The number of anilines is 1. The summed E-state index contributed by atoms with van der Waals surface area (Å²) in [5.74, 6) is -0.588. The summed E-state index contributed by atoms with van der Waals surface area (Å²) in [7, 11) is -3.89. The monoisotopic (exact) mass is 379 g/mol. The highest BCUT2D eigenvalue weighted by atomic mass is 32.2. The number of para-hydroxylation sites is 1. The molecule has 25 heavy (non-hydrogen) atoms. The summed E-state index contributed by atoms with van der Waals surface area (Å²) in [6, 6.07) is 13.7. The predicted octanol–water partition coefficient (Wildman–Crippen LogP) is 3.48. The first-order valence-corrected chi connectivity index (χ1v) is 10.4. The van der Waals surface area contributed by atoms with Gasteiger partial charge in [-0.2, -0.15) is 0 Å². The second-order valence-electron chi connectivity index (χ2n) is 5.28. The molecule has 0 aliphatic carbocycles. The van der Waals surface area contributed by atoms with Gasteiger partial charge in [0.15, 0.2) is 0 Å². The Labute approximate surface area is 153 Å². The van der Waals surface area contributed by atoms with E-state index in [9.17, 15) is 13.2 Å². The zero-order chi connectivity index (χ0) is 18.4. The lowest BCUT2D eigenvalue weighted by molar-refractivity contribution is -0.141. The number of nitrogens with zero attached hydrogens (tertiary/aromatic N) is 1. The van der Waals surface area contributed by atoms with Gasteiger partial charge in [-0.25, -0.2) is 8.42 Å². The fourth-order valence-corrected chi connectivity index (χ4v) is 4.22. The molecule has 0 atom stereocenters. The molecule has 0 fully saturated rings. The van der Waals surface area contributed by atoms with Crippen LogP contribution in [-0.2, 0) is 19.6 Å². The highest BCUT2D eigenvalue weighted by Crippen LogP contribution is 2.27. The van der Waals surface area contributed by atoms with Gasteiger partial charge < -0.3 is 4.74 Å². The number of sulfonamides is 1. The lowest BCUT2D eigenvalue weighted by Gasteiger charge is -2.25. The van der Waals surface area contributed by atoms with Crippen LogP contribution >= 0.6 is 11.8 Å². The molecule has 0 spiro atoms. The van der Waals surface area contributed by atoms with Gasteiger partial charge in [0.25, 0.3) is 10.0 Å². The Balaban J connectivity index is 2.49. The molecule has 0 radical (unpaired) electrons. The number of aryl methyl sites for hydroxylation is 1. The summed E-state index contributed by atoms with van der Waals surface area (Å²) in [5.41, 5.74) is 1.22. The van der Waals surface area contributed by atoms with Gasteiger partial charge in [0.1, 0.15) is 6.54 Å². The topological polar surface area (TPSA) is 63.7 Å². The smallest absolute Gasteiger partial charge is 0.326 e. The van der Waals surface area contributed by atoms with Crippen LogP contribution in [-0.4, -0.2) is 33.8 Å². The Hall–Kier alpha value is -1.99. The van der Waals surface area contributed by atoms with Crippen molar-refractivity contribution in [2.75, 3.05) is 23.7 Å². The first-order valence-electron chi connectivity index (χ1n) is 7.78. The van der Waals surface area contributed by atoms with Gasteiger partial charge in [-0.05, 0) is 56.0 Å². The van der Waals surface area contributed by atoms with E-state index in [2.05, 4.69) is 0 Å². The van der Waals surface area contributed by atoms with Crippen LogP contribution in [0.1, 0.15) is 12.5 Å². The van der Waals surface area contributed by atoms with Crippen molar-refractivity contribution >= 4 is 33.4 Å². The maximum Gasteiger partial charge on any atom is 0.326 e. The lowest BCUT2D eigenvalue weighted by atomic mass is 10.2. The number of carbonyl (C=O) groups excluding carboxylic acids is 1. The van der Waals surface area contributed by atoms with E-state index >= 15 is 0 Å². The average Bonchev–Trinajstić information content (AvgIpc) is 2.60. The van der Waals surface area contributed by atoms with E-state index in [1.165, 1.54) is 11.8 Å². The van der Waals surface area contributed by atoms with Crippen LogP contribution in [0.4, 0.5) is 5.69 Å². The van der Waals surface area contributed by atoms with Gasteiger partial charge >= 0.3 is 5.97 Å². The summed E-state index contributed by atoms with van der Waals surface area (Å²) in [5, 5.41) is 0. The number of hydrogen-bond acceptors (Lipinski definition) is 5. The molecule has 0 aliphatic rings. The number of esters is 1. The van der Waals surface area contributed by atoms with Crippen molar-refractivity contribution in [2.45, 2.75) is 23.6 Å². The number of carbonyl (C=O) groups is 1. The van der Waals surface area contributed by atoms with Crippen LogP contribution in [0.25, 0.3) is 0 Å². The van der Waals surface area contributed by atoms with E-state index in [0.717, 1.165) is 14.8 Å². The maximum atomic E-state index is 13.1. The van der Waals surface area contributed by atoms with Gasteiger partial charge in [-0.1, -0.05) is 18.2 Å². The first kappa shape index (κ1) is 19.3. The summed E-state index contributed by atoms with van der Waals surface area (Å²) in [6.45, 7) is 3.32. The molecular formula is C18H21NO4S2. The van der Waals surface area contributed by atoms with Crippen molar-refractivity contribution in [3.63, 3.8) is 0 Å². The summed E-state index contributed by atoms with van der Waals surface area (Å²) in [4.78, 5) is 13.1. The maximum absolute atomic E-state index is 13.1. The molecule has 2 aromatic carbocycles. The molecule has 7 heteroatoms. The minimum atomic E-state index is -3.89. The van der Waals surface area contributed by atoms with E-state index in [4.69, 9.17) is 4.74 Å². The molecule has 0 heterocycles. The number of thioether (sulfide) groups is 1. The Morgan fingerprint density at radius 3 is 2.32 bits per heavy atom. The lowest BCUT2D eigenvalue weighted by Crippen LogP contribution is -2.37. The van der Waals surface area contributed by atoms with E-state index in [0.29, 0.717) is 5.69 Å². The minimum Gasteiger partial charge on any atom is -0.465 e. The number of benzene rings is 2. The molecule has 0 saturated carbocycles. The Bertz CT molecular complexity index is 832. The van der Waals surface area contributed by atoms with E-state index in [-0.39, 0.29) is 18.0 Å². The third-order valence-corrected chi connectivity index (χ3v) is 6.13. The Morgan fingerprint density at radius 1 is 1.12 bits per heavy atom.